The van der Waals surface area contributed by atoms with Crippen molar-refractivity contribution >= 4 is 40.9 Å². The van der Waals surface area contributed by atoms with Gasteiger partial charge in [-0.25, -0.2) is 0 Å². The first-order valence-electron chi connectivity index (χ1n) is 6.47. The van der Waals surface area contributed by atoms with E-state index in [2.05, 4.69) is 5.32 Å². The van der Waals surface area contributed by atoms with Gasteiger partial charge >= 0.3 is 0 Å². The second kappa shape index (κ2) is 7.21. The van der Waals surface area contributed by atoms with Crippen LogP contribution in [-0.4, -0.2) is 11.9 Å². The number of hydrogen-bond donors (Lipinski definition) is 1. The molecular weight excluding hydrogens is 315 g/mol. The molecule has 0 atom stereocenters. The number of nitrogens with zero attached hydrogens (tertiary/aromatic N) is 1. The Morgan fingerprint density at radius 1 is 1.25 bits per heavy atom. The normalized spacial score (nSPS) is 15.7. The molecule has 0 aromatic heterocycles. The highest BCUT2D eigenvalue weighted by molar-refractivity contribution is 8.04. The second-order valence-corrected chi connectivity index (χ2v) is 6.38. The molecule has 1 aliphatic carbocycles. The predicted octanol–water partition coefficient (Wildman–Crippen LogP) is 4.63. The summed E-state index contributed by atoms with van der Waals surface area (Å²) < 4.78 is 0. The fraction of sp³-hybridized carbons (Fsp3) is 0.429. The van der Waals surface area contributed by atoms with Gasteiger partial charge in [-0.05, 0) is 36.7 Å². The summed E-state index contributed by atoms with van der Waals surface area (Å²) in [6.45, 7) is 0. The van der Waals surface area contributed by atoms with Crippen LogP contribution in [0, 0.1) is 10.7 Å². The summed E-state index contributed by atoms with van der Waals surface area (Å²) in [4.78, 5) is 12.7. The quantitative estimate of drug-likeness (QED) is 0.650. The third-order valence-electron chi connectivity index (χ3n) is 3.35. The zero-order valence-corrected chi connectivity index (χ0v) is 13.1. The number of thiocyanates is 1. The largest absolute Gasteiger partial charge is 0.349 e. The van der Waals surface area contributed by atoms with E-state index < -0.39 is 0 Å². The van der Waals surface area contributed by atoms with Crippen molar-refractivity contribution in [3.63, 3.8) is 0 Å². The van der Waals surface area contributed by atoms with Crippen molar-refractivity contribution in [1.82, 2.24) is 5.32 Å². The third-order valence-corrected chi connectivity index (χ3v) is 4.90. The number of hydrogen-bond acceptors (Lipinski definition) is 3. The summed E-state index contributed by atoms with van der Waals surface area (Å²) >= 11 is 13.0. The van der Waals surface area contributed by atoms with E-state index in [1.165, 1.54) is 6.42 Å². The van der Waals surface area contributed by atoms with Crippen LogP contribution in [0.2, 0.25) is 10.0 Å². The highest BCUT2D eigenvalue weighted by Crippen LogP contribution is 2.34. The van der Waals surface area contributed by atoms with Gasteiger partial charge in [0, 0.05) is 11.6 Å². The fourth-order valence-electron chi connectivity index (χ4n) is 2.35. The molecule has 1 saturated carbocycles. The Morgan fingerprint density at radius 3 is 2.40 bits per heavy atom. The number of benzene rings is 1. The number of amides is 1. The molecule has 0 unspecified atom stereocenters. The maximum atomic E-state index is 12.2. The molecule has 2 rings (SSSR count). The van der Waals surface area contributed by atoms with E-state index >= 15 is 0 Å². The number of nitrogens with one attached hydrogen (secondary N) is 1. The van der Waals surface area contributed by atoms with Gasteiger partial charge in [-0.15, -0.1) is 0 Å². The number of thioether (sulfide) groups is 1. The molecule has 106 valence electrons. The van der Waals surface area contributed by atoms with Crippen LogP contribution < -0.4 is 5.32 Å². The molecule has 3 nitrogen and oxygen atoms in total. The van der Waals surface area contributed by atoms with Crippen molar-refractivity contribution in [1.29, 1.82) is 5.26 Å². The SMILES string of the molecule is N#CSc1c(Cl)cc(C(=O)NC2CCCCC2)cc1Cl. The first-order chi connectivity index (χ1) is 9.61. The number of nitriles is 1. The van der Waals surface area contributed by atoms with Gasteiger partial charge in [0.15, 0.2) is 0 Å². The lowest BCUT2D eigenvalue weighted by Gasteiger charge is -2.22. The van der Waals surface area contributed by atoms with Crippen LogP contribution in [0.5, 0.6) is 0 Å². The predicted molar refractivity (Wildman–Crippen MR) is 82.3 cm³/mol. The summed E-state index contributed by atoms with van der Waals surface area (Å²) in [5, 5.41) is 14.3. The molecule has 20 heavy (non-hydrogen) atoms. The van der Waals surface area contributed by atoms with Crippen molar-refractivity contribution in [2.75, 3.05) is 0 Å². The van der Waals surface area contributed by atoms with Gasteiger partial charge in [-0.2, -0.15) is 5.26 Å². The molecule has 0 spiro atoms. The summed E-state index contributed by atoms with van der Waals surface area (Å²) in [5.74, 6) is -0.158. The highest BCUT2D eigenvalue weighted by atomic mass is 35.5. The summed E-state index contributed by atoms with van der Waals surface area (Å²) in [7, 11) is 0. The Labute approximate surface area is 132 Å². The molecule has 0 aliphatic heterocycles. The number of rotatable bonds is 3. The van der Waals surface area contributed by atoms with Crippen molar-refractivity contribution < 1.29 is 4.79 Å². The van der Waals surface area contributed by atoms with Crippen LogP contribution in [-0.2, 0) is 0 Å². The van der Waals surface area contributed by atoms with Crippen molar-refractivity contribution in [2.24, 2.45) is 0 Å². The van der Waals surface area contributed by atoms with Gasteiger partial charge in [0.1, 0.15) is 5.40 Å². The van der Waals surface area contributed by atoms with E-state index in [4.69, 9.17) is 28.5 Å². The van der Waals surface area contributed by atoms with Crippen molar-refractivity contribution in [3.8, 4) is 5.40 Å². The monoisotopic (exact) mass is 328 g/mol. The standard InChI is InChI=1S/C14H14Cl2N2OS/c15-11-6-9(7-12(16)13(11)20-8-17)14(19)18-10-4-2-1-3-5-10/h6-7,10H,1-5H2,(H,18,19). The Balaban J connectivity index is 2.12. The molecule has 1 aromatic carbocycles. The van der Waals surface area contributed by atoms with Crippen LogP contribution >= 0.6 is 35.0 Å². The molecule has 0 saturated heterocycles. The maximum absolute atomic E-state index is 12.2. The van der Waals surface area contributed by atoms with Gasteiger partial charge < -0.3 is 5.32 Å². The van der Waals surface area contributed by atoms with Crippen LogP contribution in [0.4, 0.5) is 0 Å². The minimum absolute atomic E-state index is 0.158. The lowest BCUT2D eigenvalue weighted by atomic mass is 9.95. The minimum Gasteiger partial charge on any atom is -0.349 e. The van der Waals surface area contributed by atoms with E-state index in [1.54, 1.807) is 12.1 Å². The lowest BCUT2D eigenvalue weighted by molar-refractivity contribution is 0.0927. The van der Waals surface area contributed by atoms with Crippen molar-refractivity contribution in [2.45, 2.75) is 43.0 Å². The first-order valence-corrected chi connectivity index (χ1v) is 8.05. The van der Waals surface area contributed by atoms with Gasteiger partial charge in [0.05, 0.1) is 14.9 Å². The molecule has 1 fully saturated rings. The Bertz CT molecular complexity index is 528. The average molecular weight is 329 g/mol. The first kappa shape index (κ1) is 15.5. The summed E-state index contributed by atoms with van der Waals surface area (Å²) in [6.07, 6.45) is 5.60. The molecule has 0 bridgehead atoms. The maximum Gasteiger partial charge on any atom is 0.251 e. The molecular formula is C14H14Cl2N2OS. The number of carbonyl (C=O) groups excluding carboxylic acids is 1. The zero-order valence-electron chi connectivity index (χ0n) is 10.8. The van der Waals surface area contributed by atoms with Crippen LogP contribution in [0.1, 0.15) is 42.5 Å². The fourth-order valence-corrected chi connectivity index (χ4v) is 3.47. The van der Waals surface area contributed by atoms with E-state index in [1.807, 2.05) is 5.40 Å². The third kappa shape index (κ3) is 3.82. The van der Waals surface area contributed by atoms with Crippen LogP contribution in [0.25, 0.3) is 0 Å². The minimum atomic E-state index is -0.158. The smallest absolute Gasteiger partial charge is 0.251 e. The summed E-state index contributed by atoms with van der Waals surface area (Å²) in [5.41, 5.74) is 0.438. The number of halogens is 2. The average Bonchev–Trinajstić information content (AvgIpc) is 2.43. The van der Waals surface area contributed by atoms with Gasteiger partial charge in [0.25, 0.3) is 5.91 Å². The van der Waals surface area contributed by atoms with E-state index in [9.17, 15) is 4.79 Å². The molecule has 0 heterocycles. The molecule has 6 heteroatoms. The Morgan fingerprint density at radius 2 is 1.85 bits per heavy atom. The number of carbonyl (C=O) groups is 1. The van der Waals surface area contributed by atoms with E-state index in [-0.39, 0.29) is 11.9 Å². The lowest BCUT2D eigenvalue weighted by Crippen LogP contribution is -2.36. The van der Waals surface area contributed by atoms with E-state index in [0.29, 0.717) is 20.5 Å². The Kier molecular flexibility index (Phi) is 5.59. The molecule has 1 amide bonds. The Hall–Kier alpha value is -0.890. The molecule has 1 aliphatic rings. The summed E-state index contributed by atoms with van der Waals surface area (Å²) in [6, 6.07) is 3.36. The van der Waals surface area contributed by atoms with Gasteiger partial charge in [-0.1, -0.05) is 42.5 Å². The van der Waals surface area contributed by atoms with Crippen LogP contribution in [0.15, 0.2) is 17.0 Å². The molecule has 1 aromatic rings. The van der Waals surface area contributed by atoms with Gasteiger partial charge in [-0.3, -0.25) is 4.79 Å². The van der Waals surface area contributed by atoms with Crippen molar-refractivity contribution in [3.05, 3.63) is 27.7 Å². The van der Waals surface area contributed by atoms with E-state index in [0.717, 1.165) is 37.4 Å². The van der Waals surface area contributed by atoms with Crippen LogP contribution in [0.3, 0.4) is 0 Å². The van der Waals surface area contributed by atoms with Gasteiger partial charge in [0.2, 0.25) is 0 Å². The highest BCUT2D eigenvalue weighted by Gasteiger charge is 2.18. The topological polar surface area (TPSA) is 52.9 Å². The molecule has 1 N–H and O–H groups in total. The molecule has 0 radical (unpaired) electrons. The zero-order chi connectivity index (χ0) is 14.5. The second-order valence-electron chi connectivity index (χ2n) is 4.77.